The zero-order valence-electron chi connectivity index (χ0n) is 14.6. The van der Waals surface area contributed by atoms with Gasteiger partial charge in [-0.2, -0.15) is 0 Å². The van der Waals surface area contributed by atoms with Crippen LogP contribution in [0.15, 0.2) is 54.9 Å². The fourth-order valence-corrected chi connectivity index (χ4v) is 3.25. The van der Waals surface area contributed by atoms with E-state index in [4.69, 9.17) is 0 Å². The lowest BCUT2D eigenvalue weighted by Crippen LogP contribution is -2.38. The molecule has 1 aliphatic rings. The number of aromatic nitrogens is 1. The van der Waals surface area contributed by atoms with Gasteiger partial charge < -0.3 is 4.90 Å². The molecule has 2 atom stereocenters. The van der Waals surface area contributed by atoms with Gasteiger partial charge in [0.1, 0.15) is 6.04 Å². The van der Waals surface area contributed by atoms with Crippen LogP contribution in [0.3, 0.4) is 0 Å². The number of hydrogen-bond acceptors (Lipinski definition) is 3. The second-order valence-corrected chi connectivity index (χ2v) is 6.80. The van der Waals surface area contributed by atoms with Crippen molar-refractivity contribution in [2.75, 3.05) is 13.1 Å². The third kappa shape index (κ3) is 3.34. The van der Waals surface area contributed by atoms with Crippen molar-refractivity contribution in [1.29, 1.82) is 0 Å². The normalized spacial score (nSPS) is 19.8. The zero-order chi connectivity index (χ0) is 17.2. The van der Waals surface area contributed by atoms with Gasteiger partial charge in [-0.15, -0.1) is 0 Å². The molecule has 0 saturated carbocycles. The largest absolute Gasteiger partial charge is 0.337 e. The molecule has 1 fully saturated rings. The van der Waals surface area contributed by atoms with Crippen LogP contribution in [-0.4, -0.2) is 39.8 Å². The van der Waals surface area contributed by atoms with Gasteiger partial charge in [-0.05, 0) is 44.0 Å². The van der Waals surface area contributed by atoms with E-state index >= 15 is 0 Å². The van der Waals surface area contributed by atoms with E-state index in [1.807, 2.05) is 30.0 Å². The van der Waals surface area contributed by atoms with E-state index in [2.05, 4.69) is 48.0 Å². The first-order chi connectivity index (χ1) is 11.5. The van der Waals surface area contributed by atoms with Crippen LogP contribution in [0, 0.1) is 0 Å². The van der Waals surface area contributed by atoms with Crippen LogP contribution in [0.1, 0.15) is 31.9 Å². The van der Waals surface area contributed by atoms with Crippen molar-refractivity contribution in [2.24, 2.45) is 0 Å². The predicted octanol–water partition coefficient (Wildman–Crippen LogP) is 3.05. The highest BCUT2D eigenvalue weighted by Crippen LogP contribution is 2.38. The summed E-state index contributed by atoms with van der Waals surface area (Å²) in [6.45, 7) is 8.61. The Bertz CT molecular complexity index is 685. The van der Waals surface area contributed by atoms with E-state index in [9.17, 15) is 4.79 Å². The summed E-state index contributed by atoms with van der Waals surface area (Å²) < 4.78 is 0. The van der Waals surface area contributed by atoms with Gasteiger partial charge >= 0.3 is 0 Å². The summed E-state index contributed by atoms with van der Waals surface area (Å²) in [6, 6.07) is 14.3. The minimum absolute atomic E-state index is 0.0120. The number of hydrogen-bond donors (Lipinski definition) is 0. The molecular formula is C20H25N3O. The Hall–Kier alpha value is -2.20. The van der Waals surface area contributed by atoms with Crippen molar-refractivity contribution in [1.82, 2.24) is 14.8 Å². The molecule has 0 radical (unpaired) electrons. The van der Waals surface area contributed by atoms with Crippen LogP contribution in [0.4, 0.5) is 0 Å². The Labute approximate surface area is 144 Å². The Morgan fingerprint density at radius 3 is 2.50 bits per heavy atom. The molecule has 24 heavy (non-hydrogen) atoms. The molecule has 126 valence electrons. The number of rotatable bonds is 6. The standard InChI is InChI=1S/C20H25N3O/c1-4-22(14-16-10-12-21-13-11-16)19(24)18-15-23(18)20(2,3)17-8-6-5-7-9-17/h5-13,18H,4,14-15H2,1-3H3. The molecule has 4 nitrogen and oxygen atoms in total. The average molecular weight is 323 g/mol. The summed E-state index contributed by atoms with van der Waals surface area (Å²) in [5, 5.41) is 0. The molecule has 1 aromatic carbocycles. The van der Waals surface area contributed by atoms with Gasteiger partial charge in [0.15, 0.2) is 0 Å². The summed E-state index contributed by atoms with van der Waals surface area (Å²) in [6.07, 6.45) is 3.55. The maximum absolute atomic E-state index is 12.9. The smallest absolute Gasteiger partial charge is 0.241 e. The topological polar surface area (TPSA) is 36.2 Å². The number of likely N-dealkylation sites (N-methyl/N-ethyl adjacent to an activating group) is 1. The molecular weight excluding hydrogens is 298 g/mol. The predicted molar refractivity (Wildman–Crippen MR) is 95.3 cm³/mol. The lowest BCUT2D eigenvalue weighted by Gasteiger charge is -2.29. The van der Waals surface area contributed by atoms with Crippen LogP contribution in [0.5, 0.6) is 0 Å². The first-order valence-corrected chi connectivity index (χ1v) is 8.54. The molecule has 1 aromatic heterocycles. The van der Waals surface area contributed by atoms with Crippen molar-refractivity contribution in [3.63, 3.8) is 0 Å². The third-order valence-corrected chi connectivity index (χ3v) is 4.91. The number of nitrogens with zero attached hydrogens (tertiary/aromatic N) is 3. The number of pyridine rings is 1. The van der Waals surface area contributed by atoms with Crippen LogP contribution >= 0.6 is 0 Å². The van der Waals surface area contributed by atoms with Crippen molar-refractivity contribution in [3.05, 3.63) is 66.0 Å². The molecule has 1 saturated heterocycles. The van der Waals surface area contributed by atoms with Gasteiger partial charge in [0, 0.05) is 37.6 Å². The molecule has 2 aromatic rings. The SMILES string of the molecule is CCN(Cc1ccncc1)C(=O)C1CN1C(C)(C)c1ccccc1. The van der Waals surface area contributed by atoms with E-state index < -0.39 is 0 Å². The molecule has 1 amide bonds. The summed E-state index contributed by atoms with van der Waals surface area (Å²) >= 11 is 0. The Kier molecular flexibility index (Phi) is 4.67. The molecule has 0 aliphatic carbocycles. The number of amides is 1. The van der Waals surface area contributed by atoms with E-state index in [-0.39, 0.29) is 17.5 Å². The van der Waals surface area contributed by atoms with E-state index in [1.54, 1.807) is 12.4 Å². The highest BCUT2D eigenvalue weighted by molar-refractivity contribution is 5.85. The Balaban J connectivity index is 1.68. The van der Waals surface area contributed by atoms with Crippen LogP contribution in [-0.2, 0) is 16.9 Å². The van der Waals surface area contributed by atoms with Gasteiger partial charge in [-0.25, -0.2) is 0 Å². The quantitative estimate of drug-likeness (QED) is 0.767. The molecule has 4 heteroatoms. The summed E-state index contributed by atoms with van der Waals surface area (Å²) in [4.78, 5) is 21.1. The molecule has 3 rings (SSSR count). The molecule has 0 bridgehead atoms. The van der Waals surface area contributed by atoms with Gasteiger partial charge in [0.05, 0.1) is 0 Å². The van der Waals surface area contributed by atoms with E-state index in [0.717, 1.165) is 18.7 Å². The summed E-state index contributed by atoms with van der Waals surface area (Å²) in [5.41, 5.74) is 2.24. The second-order valence-electron chi connectivity index (χ2n) is 6.80. The van der Waals surface area contributed by atoms with Crippen LogP contribution in [0.25, 0.3) is 0 Å². The number of benzene rings is 1. The molecule has 1 aliphatic heterocycles. The summed E-state index contributed by atoms with van der Waals surface area (Å²) in [5.74, 6) is 0.221. The Morgan fingerprint density at radius 1 is 1.21 bits per heavy atom. The van der Waals surface area contributed by atoms with Crippen molar-refractivity contribution >= 4 is 5.91 Å². The van der Waals surface area contributed by atoms with Crippen LogP contribution in [0.2, 0.25) is 0 Å². The van der Waals surface area contributed by atoms with Gasteiger partial charge in [-0.1, -0.05) is 30.3 Å². The lowest BCUT2D eigenvalue weighted by molar-refractivity contribution is -0.132. The van der Waals surface area contributed by atoms with E-state index in [0.29, 0.717) is 6.54 Å². The first kappa shape index (κ1) is 16.7. The van der Waals surface area contributed by atoms with Gasteiger partial charge in [0.25, 0.3) is 0 Å². The second kappa shape index (κ2) is 6.73. The number of carbonyl (C=O) groups excluding carboxylic acids is 1. The van der Waals surface area contributed by atoms with Gasteiger partial charge in [0.2, 0.25) is 5.91 Å². The highest BCUT2D eigenvalue weighted by atomic mass is 16.2. The molecule has 2 heterocycles. The molecule has 0 spiro atoms. The van der Waals surface area contributed by atoms with Crippen molar-refractivity contribution < 1.29 is 4.79 Å². The average Bonchev–Trinajstić information content (AvgIpc) is 3.42. The first-order valence-electron chi connectivity index (χ1n) is 8.54. The molecule has 0 N–H and O–H groups in total. The maximum Gasteiger partial charge on any atom is 0.241 e. The van der Waals surface area contributed by atoms with Crippen LogP contribution < -0.4 is 0 Å². The molecule has 2 unspecified atom stereocenters. The zero-order valence-corrected chi connectivity index (χ0v) is 14.6. The van der Waals surface area contributed by atoms with Crippen molar-refractivity contribution in [2.45, 2.75) is 38.9 Å². The summed E-state index contributed by atoms with van der Waals surface area (Å²) in [7, 11) is 0. The number of carbonyl (C=O) groups is 1. The fourth-order valence-electron chi connectivity index (χ4n) is 3.25. The minimum atomic E-state index is -0.127. The lowest BCUT2D eigenvalue weighted by atomic mass is 9.94. The maximum atomic E-state index is 12.9. The Morgan fingerprint density at radius 2 is 1.88 bits per heavy atom. The van der Waals surface area contributed by atoms with E-state index in [1.165, 1.54) is 5.56 Å². The minimum Gasteiger partial charge on any atom is -0.337 e. The van der Waals surface area contributed by atoms with Crippen molar-refractivity contribution in [3.8, 4) is 0 Å². The van der Waals surface area contributed by atoms with Gasteiger partial charge in [-0.3, -0.25) is 14.7 Å². The highest BCUT2D eigenvalue weighted by Gasteiger charge is 2.50. The monoisotopic (exact) mass is 323 g/mol. The third-order valence-electron chi connectivity index (χ3n) is 4.91. The fraction of sp³-hybridized carbons (Fsp3) is 0.400.